The zero-order chi connectivity index (χ0) is 14.2. The molecule has 1 N–H and O–H groups in total. The van der Waals surface area contributed by atoms with Crippen LogP contribution in [-0.4, -0.2) is 32.6 Å². The van der Waals surface area contributed by atoms with Crippen LogP contribution in [0.1, 0.15) is 30.9 Å². The maximum Gasteiger partial charge on any atom is 0.150 e. The SMILES string of the molecule is O=S1(=O)CCC(NC2CCOc3ccc(Br)cc32)CC1. The van der Waals surface area contributed by atoms with Gasteiger partial charge in [0.1, 0.15) is 15.6 Å². The Hall–Kier alpha value is -0.590. The van der Waals surface area contributed by atoms with Crippen LogP contribution in [0, 0.1) is 0 Å². The van der Waals surface area contributed by atoms with Crippen molar-refractivity contribution in [1.82, 2.24) is 5.32 Å². The standard InChI is InChI=1S/C14H18BrNO3S/c15-10-1-2-14-12(9-10)13(3-6-19-14)16-11-4-7-20(17,18)8-5-11/h1-2,9,11,13,16H,3-8H2. The van der Waals surface area contributed by atoms with Gasteiger partial charge < -0.3 is 10.1 Å². The van der Waals surface area contributed by atoms with Gasteiger partial charge in [-0.15, -0.1) is 0 Å². The summed E-state index contributed by atoms with van der Waals surface area (Å²) in [6.45, 7) is 0.706. The number of hydrogen-bond donors (Lipinski definition) is 1. The molecule has 0 amide bonds. The van der Waals surface area contributed by atoms with Gasteiger partial charge in [-0.1, -0.05) is 15.9 Å². The van der Waals surface area contributed by atoms with E-state index >= 15 is 0 Å². The molecule has 1 aromatic carbocycles. The van der Waals surface area contributed by atoms with Crippen molar-refractivity contribution in [2.75, 3.05) is 18.1 Å². The van der Waals surface area contributed by atoms with Crippen molar-refractivity contribution in [2.45, 2.75) is 31.3 Å². The summed E-state index contributed by atoms with van der Waals surface area (Å²) in [6.07, 6.45) is 2.35. The molecule has 1 atom stereocenters. The van der Waals surface area contributed by atoms with Gasteiger partial charge in [-0.25, -0.2) is 8.42 Å². The Morgan fingerprint density at radius 3 is 2.70 bits per heavy atom. The smallest absolute Gasteiger partial charge is 0.150 e. The third-order valence-electron chi connectivity index (χ3n) is 4.00. The van der Waals surface area contributed by atoms with Crippen molar-refractivity contribution >= 4 is 25.8 Å². The van der Waals surface area contributed by atoms with Crippen LogP contribution in [0.4, 0.5) is 0 Å². The molecule has 2 aliphatic rings. The third kappa shape index (κ3) is 3.18. The fourth-order valence-corrected chi connectivity index (χ4v) is 4.75. The first-order valence-corrected chi connectivity index (χ1v) is 9.54. The molecule has 1 aromatic rings. The quantitative estimate of drug-likeness (QED) is 0.880. The molecule has 110 valence electrons. The van der Waals surface area contributed by atoms with Gasteiger partial charge in [0.15, 0.2) is 0 Å². The molecule has 1 saturated heterocycles. The van der Waals surface area contributed by atoms with Crippen LogP contribution in [0.5, 0.6) is 5.75 Å². The average Bonchev–Trinajstić information content (AvgIpc) is 2.42. The monoisotopic (exact) mass is 359 g/mol. The molecule has 0 aliphatic carbocycles. The van der Waals surface area contributed by atoms with Gasteiger partial charge in [-0.05, 0) is 31.0 Å². The van der Waals surface area contributed by atoms with Crippen LogP contribution >= 0.6 is 15.9 Å². The van der Waals surface area contributed by atoms with Crippen molar-refractivity contribution in [3.8, 4) is 5.75 Å². The number of sulfone groups is 1. The van der Waals surface area contributed by atoms with E-state index in [2.05, 4.69) is 27.3 Å². The van der Waals surface area contributed by atoms with Crippen LogP contribution in [0.25, 0.3) is 0 Å². The first-order valence-electron chi connectivity index (χ1n) is 6.92. The Morgan fingerprint density at radius 2 is 1.95 bits per heavy atom. The summed E-state index contributed by atoms with van der Waals surface area (Å²) in [5.74, 6) is 1.54. The Balaban J connectivity index is 1.72. The van der Waals surface area contributed by atoms with Gasteiger partial charge in [0.2, 0.25) is 0 Å². The predicted molar refractivity (Wildman–Crippen MR) is 81.8 cm³/mol. The van der Waals surface area contributed by atoms with Gasteiger partial charge in [-0.2, -0.15) is 0 Å². The maximum atomic E-state index is 11.5. The van der Waals surface area contributed by atoms with E-state index in [9.17, 15) is 8.42 Å². The van der Waals surface area contributed by atoms with E-state index in [1.807, 2.05) is 12.1 Å². The zero-order valence-electron chi connectivity index (χ0n) is 11.1. The minimum atomic E-state index is -2.80. The second-order valence-electron chi connectivity index (χ2n) is 5.46. The van der Waals surface area contributed by atoms with Crippen molar-refractivity contribution < 1.29 is 13.2 Å². The van der Waals surface area contributed by atoms with Crippen LogP contribution < -0.4 is 10.1 Å². The van der Waals surface area contributed by atoms with Crippen LogP contribution in [0.3, 0.4) is 0 Å². The zero-order valence-corrected chi connectivity index (χ0v) is 13.5. The minimum absolute atomic E-state index is 0.252. The van der Waals surface area contributed by atoms with Gasteiger partial charge in [0, 0.05) is 28.5 Å². The van der Waals surface area contributed by atoms with Gasteiger partial charge in [0.05, 0.1) is 18.1 Å². The van der Waals surface area contributed by atoms with Crippen LogP contribution in [-0.2, 0) is 9.84 Å². The van der Waals surface area contributed by atoms with Crippen molar-refractivity contribution in [1.29, 1.82) is 0 Å². The van der Waals surface area contributed by atoms with E-state index < -0.39 is 9.84 Å². The minimum Gasteiger partial charge on any atom is -0.493 e. The second kappa shape index (κ2) is 5.66. The average molecular weight is 360 g/mol. The van der Waals surface area contributed by atoms with Gasteiger partial charge in [-0.3, -0.25) is 0 Å². The normalized spacial score (nSPS) is 25.8. The van der Waals surface area contributed by atoms with Gasteiger partial charge >= 0.3 is 0 Å². The topological polar surface area (TPSA) is 55.4 Å². The summed E-state index contributed by atoms with van der Waals surface area (Å²) < 4.78 is 29.7. The summed E-state index contributed by atoms with van der Waals surface area (Å²) in [5.41, 5.74) is 1.17. The first kappa shape index (κ1) is 14.4. The van der Waals surface area contributed by atoms with Crippen molar-refractivity contribution in [3.05, 3.63) is 28.2 Å². The number of nitrogens with one attached hydrogen (secondary N) is 1. The second-order valence-corrected chi connectivity index (χ2v) is 8.68. The highest BCUT2D eigenvalue weighted by Crippen LogP contribution is 2.34. The molecule has 0 bridgehead atoms. The molecule has 0 aromatic heterocycles. The molecule has 6 heteroatoms. The highest BCUT2D eigenvalue weighted by atomic mass is 79.9. The highest BCUT2D eigenvalue weighted by Gasteiger charge is 2.28. The molecule has 3 rings (SSSR count). The Bertz CT molecular complexity index is 588. The number of rotatable bonds is 2. The molecule has 2 aliphatic heterocycles. The molecular weight excluding hydrogens is 342 g/mol. The Labute approximate surface area is 127 Å². The summed E-state index contributed by atoms with van der Waals surface area (Å²) >= 11 is 3.50. The van der Waals surface area contributed by atoms with Crippen LogP contribution in [0.15, 0.2) is 22.7 Å². The van der Waals surface area contributed by atoms with E-state index in [1.165, 1.54) is 5.56 Å². The summed E-state index contributed by atoms with van der Waals surface area (Å²) in [4.78, 5) is 0. The van der Waals surface area contributed by atoms with Crippen molar-refractivity contribution in [2.24, 2.45) is 0 Å². The molecule has 1 unspecified atom stereocenters. The lowest BCUT2D eigenvalue weighted by Crippen LogP contribution is -2.40. The number of hydrogen-bond acceptors (Lipinski definition) is 4. The number of halogens is 1. The fraction of sp³-hybridized carbons (Fsp3) is 0.571. The van der Waals surface area contributed by atoms with E-state index in [1.54, 1.807) is 0 Å². The molecule has 2 heterocycles. The summed E-state index contributed by atoms with van der Waals surface area (Å²) in [5, 5.41) is 3.61. The largest absolute Gasteiger partial charge is 0.493 e. The number of benzene rings is 1. The highest BCUT2D eigenvalue weighted by molar-refractivity contribution is 9.10. The lowest BCUT2D eigenvalue weighted by molar-refractivity contribution is 0.241. The van der Waals surface area contributed by atoms with E-state index in [0.29, 0.717) is 31.0 Å². The van der Waals surface area contributed by atoms with E-state index in [-0.39, 0.29) is 12.1 Å². The molecule has 0 saturated carbocycles. The molecule has 0 radical (unpaired) electrons. The van der Waals surface area contributed by atoms with Gasteiger partial charge in [0.25, 0.3) is 0 Å². The molecule has 1 fully saturated rings. The third-order valence-corrected chi connectivity index (χ3v) is 6.21. The Kier molecular flexibility index (Phi) is 4.06. The number of fused-ring (bicyclic) bond motifs is 1. The lowest BCUT2D eigenvalue weighted by Gasteiger charge is -2.32. The first-order chi connectivity index (χ1) is 9.53. The maximum absolute atomic E-state index is 11.5. The summed E-state index contributed by atoms with van der Waals surface area (Å²) in [6, 6.07) is 6.59. The predicted octanol–water partition coefficient (Wildman–Crippen LogP) is 2.44. The van der Waals surface area contributed by atoms with E-state index in [4.69, 9.17) is 4.74 Å². The molecular formula is C14H18BrNO3S. The summed E-state index contributed by atoms with van der Waals surface area (Å²) in [7, 11) is -2.80. The molecule has 4 nitrogen and oxygen atoms in total. The Morgan fingerprint density at radius 1 is 1.20 bits per heavy atom. The fourth-order valence-electron chi connectivity index (χ4n) is 2.88. The molecule has 0 spiro atoms. The lowest BCUT2D eigenvalue weighted by atomic mass is 9.98. The number of ether oxygens (including phenoxy) is 1. The van der Waals surface area contributed by atoms with Crippen molar-refractivity contribution in [3.63, 3.8) is 0 Å². The van der Waals surface area contributed by atoms with Crippen LogP contribution in [0.2, 0.25) is 0 Å². The molecule has 20 heavy (non-hydrogen) atoms. The van der Waals surface area contributed by atoms with E-state index in [0.717, 1.165) is 16.6 Å².